The van der Waals surface area contributed by atoms with E-state index in [4.69, 9.17) is 19.5 Å². The molecule has 7 nitrogen and oxygen atoms in total. The Morgan fingerprint density at radius 1 is 1.00 bits per heavy atom. The van der Waals surface area contributed by atoms with Crippen LogP contribution in [0.2, 0.25) is 0 Å². The summed E-state index contributed by atoms with van der Waals surface area (Å²) < 4.78 is 15.9. The number of carbonyl (C=O) groups is 1. The predicted molar refractivity (Wildman–Crippen MR) is 98.0 cm³/mol. The molecule has 2 rings (SSSR count). The van der Waals surface area contributed by atoms with Gasteiger partial charge in [-0.3, -0.25) is 0 Å². The van der Waals surface area contributed by atoms with Crippen LogP contribution in [0.3, 0.4) is 0 Å². The molecular formula is C19H21N3O4. The Hall–Kier alpha value is -3.40. The van der Waals surface area contributed by atoms with Gasteiger partial charge >= 0.3 is 6.03 Å². The molecule has 0 aliphatic heterocycles. The fourth-order valence-electron chi connectivity index (χ4n) is 2.40. The average molecular weight is 355 g/mol. The molecule has 0 fully saturated rings. The van der Waals surface area contributed by atoms with Gasteiger partial charge in [0.1, 0.15) is 5.75 Å². The molecule has 2 aromatic rings. The number of hydrogen-bond donors (Lipinski definition) is 2. The van der Waals surface area contributed by atoms with Crippen molar-refractivity contribution < 1.29 is 19.0 Å². The van der Waals surface area contributed by atoms with Crippen molar-refractivity contribution >= 4 is 11.7 Å². The molecule has 2 aromatic carbocycles. The smallest absolute Gasteiger partial charge is 0.319 e. The normalized spacial score (nSPS) is 9.77. The lowest BCUT2D eigenvalue weighted by atomic mass is 10.1. The van der Waals surface area contributed by atoms with E-state index < -0.39 is 0 Å². The van der Waals surface area contributed by atoms with Crippen LogP contribution in [0.4, 0.5) is 10.5 Å². The highest BCUT2D eigenvalue weighted by Gasteiger charge is 2.12. The number of hydrogen-bond acceptors (Lipinski definition) is 5. The first-order chi connectivity index (χ1) is 12.6. The summed E-state index contributed by atoms with van der Waals surface area (Å²) >= 11 is 0. The Balaban J connectivity index is 1.94. The van der Waals surface area contributed by atoms with Crippen LogP contribution in [0.15, 0.2) is 36.4 Å². The number of benzene rings is 2. The third-order valence-electron chi connectivity index (χ3n) is 3.74. The van der Waals surface area contributed by atoms with Crippen molar-refractivity contribution in [2.45, 2.75) is 6.42 Å². The van der Waals surface area contributed by atoms with E-state index in [9.17, 15) is 4.79 Å². The maximum absolute atomic E-state index is 12.0. The van der Waals surface area contributed by atoms with Crippen molar-refractivity contribution in [3.05, 3.63) is 47.5 Å². The fraction of sp³-hybridized carbons (Fsp3) is 0.263. The largest absolute Gasteiger partial charge is 0.496 e. The molecule has 0 atom stereocenters. The van der Waals surface area contributed by atoms with Gasteiger partial charge in [0.25, 0.3) is 0 Å². The van der Waals surface area contributed by atoms with E-state index in [0.717, 1.165) is 5.56 Å². The van der Waals surface area contributed by atoms with Gasteiger partial charge in [0.2, 0.25) is 0 Å². The second kappa shape index (κ2) is 9.18. The van der Waals surface area contributed by atoms with Crippen LogP contribution in [0.1, 0.15) is 11.1 Å². The summed E-state index contributed by atoms with van der Waals surface area (Å²) in [7, 11) is 4.71. The summed E-state index contributed by atoms with van der Waals surface area (Å²) in [4.78, 5) is 12.0. The Kier molecular flexibility index (Phi) is 6.68. The zero-order chi connectivity index (χ0) is 18.9. The van der Waals surface area contributed by atoms with Crippen molar-refractivity contribution in [2.24, 2.45) is 0 Å². The van der Waals surface area contributed by atoms with E-state index in [1.807, 2.05) is 12.1 Å². The van der Waals surface area contributed by atoms with Gasteiger partial charge in [0.15, 0.2) is 11.5 Å². The minimum absolute atomic E-state index is 0.325. The van der Waals surface area contributed by atoms with Gasteiger partial charge < -0.3 is 24.8 Å². The first-order valence-corrected chi connectivity index (χ1v) is 7.95. The third-order valence-corrected chi connectivity index (χ3v) is 3.74. The number of nitrogens with zero attached hydrogens (tertiary/aromatic N) is 1. The van der Waals surface area contributed by atoms with E-state index >= 15 is 0 Å². The molecular weight excluding hydrogens is 334 g/mol. The number of rotatable bonds is 7. The van der Waals surface area contributed by atoms with Crippen molar-refractivity contribution in [1.82, 2.24) is 5.32 Å². The third kappa shape index (κ3) is 4.80. The van der Waals surface area contributed by atoms with Gasteiger partial charge in [0.05, 0.1) is 33.0 Å². The lowest BCUT2D eigenvalue weighted by Crippen LogP contribution is -2.30. The van der Waals surface area contributed by atoms with Crippen LogP contribution >= 0.6 is 0 Å². The first kappa shape index (κ1) is 18.9. The van der Waals surface area contributed by atoms with E-state index in [2.05, 4.69) is 10.6 Å². The van der Waals surface area contributed by atoms with Gasteiger partial charge in [-0.15, -0.1) is 0 Å². The molecule has 0 radical (unpaired) electrons. The van der Waals surface area contributed by atoms with Crippen molar-refractivity contribution in [1.29, 1.82) is 5.26 Å². The zero-order valence-corrected chi connectivity index (χ0v) is 15.0. The number of nitrogens with one attached hydrogen (secondary N) is 2. The zero-order valence-electron chi connectivity index (χ0n) is 15.0. The molecule has 2 amide bonds. The van der Waals surface area contributed by atoms with Crippen LogP contribution in [0.25, 0.3) is 0 Å². The standard InChI is InChI=1S/C19H21N3O4/c1-24-16-11-18(26-3)17(25-2)10-14(16)8-9-21-19(23)22-15-6-4-13(12-20)5-7-15/h4-7,10-11H,8-9H2,1-3H3,(H2,21,22,23). The Bertz CT molecular complexity index is 798. The molecule has 0 saturated heterocycles. The fourth-order valence-corrected chi connectivity index (χ4v) is 2.40. The Labute approximate surface area is 152 Å². The lowest BCUT2D eigenvalue weighted by molar-refractivity contribution is 0.252. The molecule has 0 aliphatic carbocycles. The molecule has 2 N–H and O–H groups in total. The summed E-state index contributed by atoms with van der Waals surface area (Å²) in [6, 6.07) is 11.9. The van der Waals surface area contributed by atoms with E-state index in [-0.39, 0.29) is 6.03 Å². The minimum atomic E-state index is -0.325. The van der Waals surface area contributed by atoms with E-state index in [1.54, 1.807) is 51.7 Å². The number of anilines is 1. The quantitative estimate of drug-likeness (QED) is 0.796. The highest BCUT2D eigenvalue weighted by Crippen LogP contribution is 2.34. The van der Waals surface area contributed by atoms with E-state index in [0.29, 0.717) is 41.5 Å². The number of urea groups is 1. The van der Waals surface area contributed by atoms with Gasteiger partial charge in [0, 0.05) is 18.3 Å². The maximum atomic E-state index is 12.0. The number of carbonyl (C=O) groups excluding carboxylic acids is 1. The first-order valence-electron chi connectivity index (χ1n) is 7.95. The van der Waals surface area contributed by atoms with Crippen LogP contribution in [-0.4, -0.2) is 33.9 Å². The van der Waals surface area contributed by atoms with Crippen LogP contribution in [0.5, 0.6) is 17.2 Å². The van der Waals surface area contributed by atoms with Crippen LogP contribution in [0, 0.1) is 11.3 Å². The highest BCUT2D eigenvalue weighted by atomic mass is 16.5. The summed E-state index contributed by atoms with van der Waals surface area (Å²) in [5.74, 6) is 1.85. The molecule has 0 bridgehead atoms. The van der Waals surface area contributed by atoms with Crippen LogP contribution < -0.4 is 24.8 Å². The SMILES string of the molecule is COc1cc(OC)c(OC)cc1CCNC(=O)Nc1ccc(C#N)cc1. The second-order valence-corrected chi connectivity index (χ2v) is 5.34. The molecule has 0 aliphatic rings. The summed E-state index contributed by atoms with van der Waals surface area (Å²) in [5.41, 5.74) is 2.05. The highest BCUT2D eigenvalue weighted by molar-refractivity contribution is 5.89. The van der Waals surface area contributed by atoms with Crippen molar-refractivity contribution in [3.63, 3.8) is 0 Å². The van der Waals surface area contributed by atoms with Gasteiger partial charge in [-0.25, -0.2) is 4.79 Å². The monoisotopic (exact) mass is 355 g/mol. The minimum Gasteiger partial charge on any atom is -0.496 e. The van der Waals surface area contributed by atoms with E-state index in [1.165, 1.54) is 0 Å². The van der Waals surface area contributed by atoms with Crippen molar-refractivity contribution in [3.8, 4) is 23.3 Å². The predicted octanol–water partition coefficient (Wildman–Crippen LogP) is 2.95. The second-order valence-electron chi connectivity index (χ2n) is 5.34. The Morgan fingerprint density at radius 2 is 1.62 bits per heavy atom. The number of ether oxygens (including phenoxy) is 3. The molecule has 0 heterocycles. The van der Waals surface area contributed by atoms with Gasteiger partial charge in [-0.2, -0.15) is 5.26 Å². The maximum Gasteiger partial charge on any atom is 0.319 e. The molecule has 0 spiro atoms. The summed E-state index contributed by atoms with van der Waals surface area (Å²) in [6.07, 6.45) is 0.560. The Morgan fingerprint density at radius 3 is 2.19 bits per heavy atom. The average Bonchev–Trinajstić information content (AvgIpc) is 2.68. The van der Waals surface area contributed by atoms with Crippen molar-refractivity contribution in [2.75, 3.05) is 33.2 Å². The summed E-state index contributed by atoms with van der Waals surface area (Å²) in [5, 5.41) is 14.3. The molecule has 136 valence electrons. The molecule has 26 heavy (non-hydrogen) atoms. The lowest BCUT2D eigenvalue weighted by Gasteiger charge is -2.14. The van der Waals surface area contributed by atoms with Gasteiger partial charge in [-0.1, -0.05) is 0 Å². The molecule has 0 saturated carbocycles. The molecule has 0 aromatic heterocycles. The summed E-state index contributed by atoms with van der Waals surface area (Å²) in [6.45, 7) is 0.411. The van der Waals surface area contributed by atoms with Gasteiger partial charge in [-0.05, 0) is 42.3 Å². The molecule has 0 unspecified atom stereocenters. The number of amides is 2. The topological polar surface area (TPSA) is 92.6 Å². The molecule has 7 heteroatoms. The number of methoxy groups -OCH3 is 3. The van der Waals surface area contributed by atoms with Crippen LogP contribution in [-0.2, 0) is 6.42 Å². The number of nitriles is 1.